The summed E-state index contributed by atoms with van der Waals surface area (Å²) in [6.45, 7) is 1.19. The molecule has 0 atom stereocenters. The zero-order valence-corrected chi connectivity index (χ0v) is 13.0. The Morgan fingerprint density at radius 1 is 1.41 bits per heavy atom. The maximum absolute atomic E-state index is 12.1. The molecule has 0 aliphatic rings. The molecule has 0 bridgehead atoms. The van der Waals surface area contributed by atoms with Crippen LogP contribution in [-0.4, -0.2) is 40.7 Å². The van der Waals surface area contributed by atoms with E-state index in [9.17, 15) is 4.79 Å². The van der Waals surface area contributed by atoms with Crippen molar-refractivity contribution in [2.45, 2.75) is 6.54 Å². The molecular formula is C15H16N4O2S. The second-order valence-corrected chi connectivity index (χ2v) is 5.45. The Morgan fingerprint density at radius 2 is 2.27 bits per heavy atom. The highest BCUT2D eigenvalue weighted by molar-refractivity contribution is 7.07. The van der Waals surface area contributed by atoms with E-state index in [1.807, 2.05) is 34.2 Å². The number of hydrogen-bond acceptors (Lipinski definition) is 5. The Balaban J connectivity index is 1.92. The van der Waals surface area contributed by atoms with E-state index in [2.05, 4.69) is 15.3 Å². The van der Waals surface area contributed by atoms with Gasteiger partial charge in [-0.25, -0.2) is 9.97 Å². The smallest absolute Gasteiger partial charge is 0.240 e. The molecule has 114 valence electrons. The van der Waals surface area contributed by atoms with Gasteiger partial charge in [0.2, 0.25) is 5.91 Å². The van der Waals surface area contributed by atoms with E-state index >= 15 is 0 Å². The highest BCUT2D eigenvalue weighted by Gasteiger charge is 2.16. The van der Waals surface area contributed by atoms with Crippen molar-refractivity contribution in [3.63, 3.8) is 0 Å². The summed E-state index contributed by atoms with van der Waals surface area (Å²) in [6, 6.07) is 7.77. The molecule has 2 heterocycles. The molecule has 1 aromatic carbocycles. The van der Waals surface area contributed by atoms with E-state index in [-0.39, 0.29) is 12.5 Å². The number of benzene rings is 1. The standard InChI is InChI=1S/C15H16N4O2S/c1-21-7-6-16-14(20)8-19-13-5-3-2-4-11(13)18-15(19)12-9-22-10-17-12/h2-5,9-10H,6-8H2,1H3,(H,16,20). The number of para-hydroxylation sites is 2. The van der Waals surface area contributed by atoms with E-state index in [0.29, 0.717) is 19.0 Å². The highest BCUT2D eigenvalue weighted by atomic mass is 32.1. The van der Waals surface area contributed by atoms with Gasteiger partial charge in [0.1, 0.15) is 12.2 Å². The third-order valence-electron chi connectivity index (χ3n) is 3.25. The average molecular weight is 316 g/mol. The van der Waals surface area contributed by atoms with E-state index < -0.39 is 0 Å². The predicted octanol–water partition coefficient (Wildman–Crippen LogP) is 1.92. The number of methoxy groups -OCH3 is 1. The molecule has 3 rings (SSSR count). The molecule has 2 aromatic heterocycles. The van der Waals surface area contributed by atoms with Gasteiger partial charge in [-0.2, -0.15) is 0 Å². The van der Waals surface area contributed by atoms with Gasteiger partial charge in [0, 0.05) is 19.0 Å². The van der Waals surface area contributed by atoms with Crippen molar-refractivity contribution >= 4 is 28.3 Å². The van der Waals surface area contributed by atoms with Crippen LogP contribution in [0.25, 0.3) is 22.6 Å². The normalized spacial score (nSPS) is 11.0. The molecule has 3 aromatic rings. The van der Waals surface area contributed by atoms with Crippen LogP contribution in [0, 0.1) is 0 Å². The lowest BCUT2D eigenvalue weighted by Crippen LogP contribution is -2.30. The van der Waals surface area contributed by atoms with Crippen LogP contribution in [-0.2, 0) is 16.1 Å². The van der Waals surface area contributed by atoms with Crippen LogP contribution in [0.15, 0.2) is 35.2 Å². The molecule has 1 N–H and O–H groups in total. The molecule has 0 fully saturated rings. The fourth-order valence-electron chi connectivity index (χ4n) is 2.25. The summed E-state index contributed by atoms with van der Waals surface area (Å²) in [5.41, 5.74) is 4.32. The summed E-state index contributed by atoms with van der Waals surface area (Å²) in [5.74, 6) is 0.640. The van der Waals surface area contributed by atoms with Gasteiger partial charge < -0.3 is 14.6 Å². The van der Waals surface area contributed by atoms with Crippen LogP contribution in [0.5, 0.6) is 0 Å². The van der Waals surface area contributed by atoms with E-state index in [1.54, 1.807) is 12.6 Å². The van der Waals surface area contributed by atoms with Crippen LogP contribution < -0.4 is 5.32 Å². The van der Waals surface area contributed by atoms with Crippen molar-refractivity contribution in [1.29, 1.82) is 0 Å². The van der Waals surface area contributed by atoms with E-state index in [4.69, 9.17) is 4.74 Å². The molecule has 22 heavy (non-hydrogen) atoms. The molecular weight excluding hydrogens is 300 g/mol. The minimum absolute atomic E-state index is 0.0725. The minimum Gasteiger partial charge on any atom is -0.383 e. The molecule has 0 saturated carbocycles. The van der Waals surface area contributed by atoms with Gasteiger partial charge in [0.05, 0.1) is 23.2 Å². The Labute approximate surface area is 131 Å². The molecule has 0 aliphatic heterocycles. The van der Waals surface area contributed by atoms with Crippen LogP contribution >= 0.6 is 11.3 Å². The first-order chi connectivity index (χ1) is 10.8. The number of aromatic nitrogens is 3. The Bertz CT molecular complexity index is 767. The number of hydrogen-bond donors (Lipinski definition) is 1. The Hall–Kier alpha value is -2.25. The first-order valence-electron chi connectivity index (χ1n) is 6.89. The lowest BCUT2D eigenvalue weighted by atomic mass is 10.3. The number of fused-ring (bicyclic) bond motifs is 1. The first-order valence-corrected chi connectivity index (χ1v) is 7.83. The molecule has 0 saturated heterocycles. The highest BCUT2D eigenvalue weighted by Crippen LogP contribution is 2.24. The largest absolute Gasteiger partial charge is 0.383 e. The zero-order valence-electron chi connectivity index (χ0n) is 12.2. The van der Waals surface area contributed by atoms with E-state index in [1.165, 1.54) is 11.3 Å². The van der Waals surface area contributed by atoms with Gasteiger partial charge in [-0.15, -0.1) is 11.3 Å². The first kappa shape index (κ1) is 14.7. The zero-order chi connectivity index (χ0) is 15.4. The van der Waals surface area contributed by atoms with Gasteiger partial charge in [-0.3, -0.25) is 4.79 Å². The minimum atomic E-state index is -0.0725. The lowest BCUT2D eigenvalue weighted by molar-refractivity contribution is -0.121. The number of rotatable bonds is 6. The van der Waals surface area contributed by atoms with Gasteiger partial charge >= 0.3 is 0 Å². The second-order valence-electron chi connectivity index (χ2n) is 4.73. The van der Waals surface area contributed by atoms with Crippen molar-refractivity contribution in [2.24, 2.45) is 0 Å². The summed E-state index contributed by atoms with van der Waals surface area (Å²) in [6.07, 6.45) is 0. The van der Waals surface area contributed by atoms with Crippen molar-refractivity contribution in [1.82, 2.24) is 19.9 Å². The SMILES string of the molecule is COCCNC(=O)Cn1c(-c2cscn2)nc2ccccc21. The summed E-state index contributed by atoms with van der Waals surface area (Å²) in [7, 11) is 1.61. The fraction of sp³-hybridized carbons (Fsp3) is 0.267. The lowest BCUT2D eigenvalue weighted by Gasteiger charge is -2.08. The second kappa shape index (κ2) is 6.67. The quantitative estimate of drug-likeness (QED) is 0.706. The number of nitrogens with zero attached hydrogens (tertiary/aromatic N) is 3. The van der Waals surface area contributed by atoms with Crippen LogP contribution in [0.1, 0.15) is 0 Å². The maximum Gasteiger partial charge on any atom is 0.240 e. The van der Waals surface area contributed by atoms with Crippen molar-refractivity contribution in [2.75, 3.05) is 20.3 Å². The number of nitrogens with one attached hydrogen (secondary N) is 1. The molecule has 0 unspecified atom stereocenters. The van der Waals surface area contributed by atoms with Crippen LogP contribution in [0.2, 0.25) is 0 Å². The van der Waals surface area contributed by atoms with Gasteiger partial charge in [-0.05, 0) is 12.1 Å². The number of imidazole rings is 1. The number of carbonyl (C=O) groups is 1. The Morgan fingerprint density at radius 3 is 3.05 bits per heavy atom. The molecule has 0 radical (unpaired) electrons. The third kappa shape index (κ3) is 3.00. The van der Waals surface area contributed by atoms with Gasteiger partial charge in [-0.1, -0.05) is 12.1 Å². The molecule has 0 spiro atoms. The average Bonchev–Trinajstić information content (AvgIpc) is 3.16. The third-order valence-corrected chi connectivity index (χ3v) is 3.83. The summed E-state index contributed by atoms with van der Waals surface area (Å²) in [4.78, 5) is 21.0. The van der Waals surface area contributed by atoms with Gasteiger partial charge in [0.15, 0.2) is 5.82 Å². The van der Waals surface area contributed by atoms with Crippen LogP contribution in [0.4, 0.5) is 0 Å². The monoisotopic (exact) mass is 316 g/mol. The van der Waals surface area contributed by atoms with Crippen molar-refractivity contribution in [3.05, 3.63) is 35.2 Å². The summed E-state index contributed by atoms with van der Waals surface area (Å²) >= 11 is 1.51. The number of thiazole rings is 1. The number of amides is 1. The predicted molar refractivity (Wildman–Crippen MR) is 85.7 cm³/mol. The topological polar surface area (TPSA) is 69.0 Å². The summed E-state index contributed by atoms with van der Waals surface area (Å²) < 4.78 is 6.83. The molecule has 7 heteroatoms. The molecule has 0 aliphatic carbocycles. The van der Waals surface area contributed by atoms with Gasteiger partial charge in [0.25, 0.3) is 0 Å². The van der Waals surface area contributed by atoms with Crippen molar-refractivity contribution in [3.8, 4) is 11.5 Å². The number of carbonyl (C=O) groups excluding carboxylic acids is 1. The maximum atomic E-state index is 12.1. The summed E-state index contributed by atoms with van der Waals surface area (Å²) in [5, 5.41) is 4.76. The number of ether oxygens (including phenoxy) is 1. The molecule has 6 nitrogen and oxygen atoms in total. The molecule has 1 amide bonds. The van der Waals surface area contributed by atoms with E-state index in [0.717, 1.165) is 16.7 Å². The van der Waals surface area contributed by atoms with Crippen LogP contribution in [0.3, 0.4) is 0 Å². The Kier molecular flexibility index (Phi) is 4.45. The fourth-order valence-corrected chi connectivity index (χ4v) is 2.78. The van der Waals surface area contributed by atoms with Crippen molar-refractivity contribution < 1.29 is 9.53 Å².